The summed E-state index contributed by atoms with van der Waals surface area (Å²) < 4.78 is 7.12. The first-order valence-electron chi connectivity index (χ1n) is 8.36. The average molecular weight is 383 g/mol. The number of Topliss-reactive ketones (excluding diaryl/α,β-unsaturated/α-hetero) is 1. The number of carbonyl (C=O) groups excluding carboxylic acids is 2. The smallest absolute Gasteiger partial charge is 0.296 e. The molecule has 5 nitrogen and oxygen atoms in total. The SMILES string of the molecule is COc1ccccc1NC(=O)C(=O)c1cc(C)n(-c2ccc(Cl)cc2)c1C. The third-order valence-corrected chi connectivity index (χ3v) is 4.57. The van der Waals surface area contributed by atoms with E-state index in [-0.39, 0.29) is 0 Å². The third-order valence-electron chi connectivity index (χ3n) is 4.32. The van der Waals surface area contributed by atoms with Crippen LogP contribution in [0.5, 0.6) is 5.75 Å². The van der Waals surface area contributed by atoms with Gasteiger partial charge in [-0.15, -0.1) is 0 Å². The number of benzene rings is 2. The maximum atomic E-state index is 12.7. The average Bonchev–Trinajstić information content (AvgIpc) is 2.96. The van der Waals surface area contributed by atoms with Crippen LogP contribution in [-0.2, 0) is 4.79 Å². The van der Waals surface area contributed by atoms with Gasteiger partial charge in [0.2, 0.25) is 0 Å². The second-order valence-corrected chi connectivity index (χ2v) is 6.52. The van der Waals surface area contributed by atoms with Crippen LogP contribution in [0.3, 0.4) is 0 Å². The van der Waals surface area contributed by atoms with Gasteiger partial charge in [-0.3, -0.25) is 9.59 Å². The van der Waals surface area contributed by atoms with E-state index in [0.29, 0.717) is 27.7 Å². The molecule has 0 atom stereocenters. The molecule has 0 saturated carbocycles. The standard InChI is InChI=1S/C21H19ClN2O3/c1-13-12-17(14(2)24(13)16-10-8-15(22)9-11-16)20(25)21(26)23-18-6-4-5-7-19(18)27-3/h4-12H,1-3H3,(H,23,26). The zero-order valence-corrected chi connectivity index (χ0v) is 16.0. The van der Waals surface area contributed by atoms with Crippen molar-refractivity contribution in [2.45, 2.75) is 13.8 Å². The Kier molecular flexibility index (Phi) is 5.33. The zero-order valence-electron chi connectivity index (χ0n) is 15.2. The number of nitrogens with one attached hydrogen (secondary N) is 1. The number of halogens is 1. The number of aryl methyl sites for hydroxylation is 1. The lowest BCUT2D eigenvalue weighted by Gasteiger charge is -2.11. The third kappa shape index (κ3) is 3.73. The summed E-state index contributed by atoms with van der Waals surface area (Å²) in [6, 6.07) is 16.0. The predicted molar refractivity (Wildman–Crippen MR) is 106 cm³/mol. The van der Waals surface area contributed by atoms with Gasteiger partial charge in [0.25, 0.3) is 11.7 Å². The van der Waals surface area contributed by atoms with Crippen molar-refractivity contribution >= 4 is 29.0 Å². The molecule has 1 amide bonds. The van der Waals surface area contributed by atoms with Gasteiger partial charge >= 0.3 is 0 Å². The molecule has 0 bridgehead atoms. The Balaban J connectivity index is 1.90. The minimum atomic E-state index is -0.712. The van der Waals surface area contributed by atoms with E-state index in [2.05, 4.69) is 5.32 Å². The molecule has 27 heavy (non-hydrogen) atoms. The number of amides is 1. The molecule has 0 fully saturated rings. The number of aromatic nitrogens is 1. The first-order chi connectivity index (χ1) is 12.9. The largest absolute Gasteiger partial charge is 0.495 e. The molecule has 6 heteroatoms. The maximum absolute atomic E-state index is 12.7. The molecule has 0 saturated heterocycles. The van der Waals surface area contributed by atoms with E-state index < -0.39 is 11.7 Å². The Morgan fingerprint density at radius 2 is 1.70 bits per heavy atom. The van der Waals surface area contributed by atoms with Crippen molar-refractivity contribution in [3.63, 3.8) is 0 Å². The van der Waals surface area contributed by atoms with Crippen molar-refractivity contribution in [1.82, 2.24) is 4.57 Å². The molecule has 0 spiro atoms. The van der Waals surface area contributed by atoms with Crippen LogP contribution in [-0.4, -0.2) is 23.4 Å². The summed E-state index contributed by atoms with van der Waals surface area (Å²) >= 11 is 5.95. The number of rotatable bonds is 5. The number of hydrogen-bond donors (Lipinski definition) is 1. The van der Waals surface area contributed by atoms with Crippen molar-refractivity contribution in [2.24, 2.45) is 0 Å². The highest BCUT2D eigenvalue weighted by molar-refractivity contribution is 6.47. The number of para-hydroxylation sites is 2. The van der Waals surface area contributed by atoms with E-state index in [1.54, 1.807) is 42.5 Å². The lowest BCUT2D eigenvalue weighted by Crippen LogP contribution is -2.23. The summed E-state index contributed by atoms with van der Waals surface area (Å²) in [4.78, 5) is 25.2. The number of ketones is 1. The molecular formula is C21H19ClN2O3. The van der Waals surface area contributed by atoms with Crippen LogP contribution in [0.25, 0.3) is 5.69 Å². The molecule has 0 radical (unpaired) electrons. The molecule has 1 N–H and O–H groups in total. The number of anilines is 1. The first kappa shape index (κ1) is 18.7. The topological polar surface area (TPSA) is 60.3 Å². The van der Waals surface area contributed by atoms with E-state index in [1.807, 2.05) is 30.5 Å². The molecule has 0 aliphatic heterocycles. The fourth-order valence-electron chi connectivity index (χ4n) is 3.03. The summed E-state index contributed by atoms with van der Waals surface area (Å²) in [7, 11) is 1.51. The molecule has 138 valence electrons. The Morgan fingerprint density at radius 1 is 1.04 bits per heavy atom. The second-order valence-electron chi connectivity index (χ2n) is 6.08. The number of methoxy groups -OCH3 is 1. The van der Waals surface area contributed by atoms with Crippen LogP contribution >= 0.6 is 11.6 Å². The monoisotopic (exact) mass is 382 g/mol. The minimum Gasteiger partial charge on any atom is -0.495 e. The summed E-state index contributed by atoms with van der Waals surface area (Å²) in [5, 5.41) is 3.26. The van der Waals surface area contributed by atoms with Crippen LogP contribution in [0.1, 0.15) is 21.7 Å². The lowest BCUT2D eigenvalue weighted by atomic mass is 10.1. The fraction of sp³-hybridized carbons (Fsp3) is 0.143. The van der Waals surface area contributed by atoms with E-state index in [9.17, 15) is 9.59 Å². The molecule has 3 aromatic rings. The zero-order chi connectivity index (χ0) is 19.6. The van der Waals surface area contributed by atoms with E-state index >= 15 is 0 Å². The van der Waals surface area contributed by atoms with Gasteiger partial charge in [0.05, 0.1) is 12.8 Å². The highest BCUT2D eigenvalue weighted by Gasteiger charge is 2.23. The Morgan fingerprint density at radius 3 is 2.37 bits per heavy atom. The Labute approximate surface area is 162 Å². The summed E-state index contributed by atoms with van der Waals surface area (Å²) in [6.45, 7) is 3.70. The summed E-state index contributed by atoms with van der Waals surface area (Å²) in [5.74, 6) is -0.824. The highest BCUT2D eigenvalue weighted by atomic mass is 35.5. The van der Waals surface area contributed by atoms with Gasteiger partial charge in [-0.2, -0.15) is 0 Å². The fourth-order valence-corrected chi connectivity index (χ4v) is 3.16. The van der Waals surface area contributed by atoms with Gasteiger partial charge < -0.3 is 14.6 Å². The molecule has 2 aromatic carbocycles. The molecule has 0 aliphatic rings. The molecular weight excluding hydrogens is 364 g/mol. The van der Waals surface area contributed by atoms with Gasteiger partial charge in [-0.05, 0) is 56.3 Å². The lowest BCUT2D eigenvalue weighted by molar-refractivity contribution is -0.112. The van der Waals surface area contributed by atoms with Crippen LogP contribution in [0.15, 0.2) is 54.6 Å². The van der Waals surface area contributed by atoms with Gasteiger partial charge in [0.1, 0.15) is 5.75 Å². The summed E-state index contributed by atoms with van der Waals surface area (Å²) in [6.07, 6.45) is 0. The van der Waals surface area contributed by atoms with Crippen molar-refractivity contribution < 1.29 is 14.3 Å². The first-order valence-corrected chi connectivity index (χ1v) is 8.73. The molecule has 1 aromatic heterocycles. The van der Waals surface area contributed by atoms with Gasteiger partial charge in [0, 0.05) is 27.7 Å². The Bertz CT molecular complexity index is 1010. The normalized spacial score (nSPS) is 10.5. The van der Waals surface area contributed by atoms with Crippen molar-refractivity contribution in [3.05, 3.63) is 76.6 Å². The van der Waals surface area contributed by atoms with Gasteiger partial charge in [0.15, 0.2) is 0 Å². The quantitative estimate of drug-likeness (QED) is 0.519. The van der Waals surface area contributed by atoms with Crippen molar-refractivity contribution in [3.8, 4) is 11.4 Å². The maximum Gasteiger partial charge on any atom is 0.296 e. The van der Waals surface area contributed by atoms with Gasteiger partial charge in [-0.1, -0.05) is 23.7 Å². The second kappa shape index (κ2) is 7.68. The van der Waals surface area contributed by atoms with E-state index in [1.165, 1.54) is 7.11 Å². The number of hydrogen-bond acceptors (Lipinski definition) is 3. The highest BCUT2D eigenvalue weighted by Crippen LogP contribution is 2.25. The predicted octanol–water partition coefficient (Wildman–Crippen LogP) is 4.58. The number of carbonyl (C=O) groups is 2. The van der Waals surface area contributed by atoms with Crippen LogP contribution in [0.2, 0.25) is 5.02 Å². The molecule has 3 rings (SSSR count). The molecule has 0 unspecified atom stereocenters. The summed E-state index contributed by atoms with van der Waals surface area (Å²) in [5.41, 5.74) is 3.22. The van der Waals surface area contributed by atoms with Crippen LogP contribution in [0.4, 0.5) is 5.69 Å². The van der Waals surface area contributed by atoms with Crippen molar-refractivity contribution in [2.75, 3.05) is 12.4 Å². The molecule has 0 aliphatic carbocycles. The minimum absolute atomic E-state index is 0.356. The number of nitrogens with zero attached hydrogens (tertiary/aromatic N) is 1. The van der Waals surface area contributed by atoms with E-state index in [4.69, 9.17) is 16.3 Å². The van der Waals surface area contributed by atoms with E-state index in [0.717, 1.165) is 11.4 Å². The Hall–Kier alpha value is -3.05. The van der Waals surface area contributed by atoms with Crippen molar-refractivity contribution in [1.29, 1.82) is 0 Å². The van der Waals surface area contributed by atoms with Gasteiger partial charge in [-0.25, -0.2) is 0 Å². The number of ether oxygens (including phenoxy) is 1. The van der Waals surface area contributed by atoms with Crippen LogP contribution < -0.4 is 10.1 Å². The van der Waals surface area contributed by atoms with Crippen LogP contribution in [0, 0.1) is 13.8 Å². The molecule has 1 heterocycles.